The van der Waals surface area contributed by atoms with Crippen LogP contribution < -0.4 is 0 Å². The third-order valence-corrected chi connectivity index (χ3v) is 8.85. The van der Waals surface area contributed by atoms with Gasteiger partial charge in [-0.15, -0.1) is 0 Å². The molecule has 0 aromatic heterocycles. The third-order valence-electron chi connectivity index (χ3n) is 3.78. The molecule has 0 aliphatic heterocycles. The number of nitrogens with zero attached hydrogens (tertiary/aromatic N) is 1. The number of hydrogen-bond acceptors (Lipinski definition) is 1. The summed E-state index contributed by atoms with van der Waals surface area (Å²) in [5, 5.41) is 0.973. The molecular formula is C15H22BrNOSi. The Balaban J connectivity index is 2.92. The van der Waals surface area contributed by atoms with Gasteiger partial charge in [0, 0.05) is 5.33 Å². The van der Waals surface area contributed by atoms with Crippen molar-refractivity contribution < 1.29 is 4.43 Å². The standard InChI is InChI=1S/C15H22BrNOSi/c1-15(2,3)19(5,6)18-14(11-16)12-7-9-13(17-4)10-8-12/h7-10,14H,11H2,1-3,5-6H3/t14-/m1/s1. The quantitative estimate of drug-likeness (QED) is 0.390. The number of hydrogen-bond donors (Lipinski definition) is 0. The summed E-state index contributed by atoms with van der Waals surface area (Å²) in [4.78, 5) is 3.42. The zero-order valence-electron chi connectivity index (χ0n) is 12.3. The summed E-state index contributed by atoms with van der Waals surface area (Å²) in [6.07, 6.45) is 0.0562. The van der Waals surface area contributed by atoms with E-state index in [9.17, 15) is 0 Å². The van der Waals surface area contributed by atoms with Gasteiger partial charge in [-0.1, -0.05) is 61.0 Å². The van der Waals surface area contributed by atoms with Crippen LogP contribution in [0.1, 0.15) is 32.4 Å². The molecule has 0 spiro atoms. The Labute approximate surface area is 126 Å². The molecule has 0 aliphatic rings. The van der Waals surface area contributed by atoms with Crippen LogP contribution in [0.5, 0.6) is 0 Å². The maximum absolute atomic E-state index is 6.98. The highest BCUT2D eigenvalue weighted by molar-refractivity contribution is 9.09. The Morgan fingerprint density at radius 2 is 1.79 bits per heavy atom. The van der Waals surface area contributed by atoms with Gasteiger partial charge in [0.1, 0.15) is 0 Å². The Morgan fingerprint density at radius 1 is 1.26 bits per heavy atom. The number of alkyl halides is 1. The van der Waals surface area contributed by atoms with E-state index in [2.05, 4.69) is 54.6 Å². The fourth-order valence-electron chi connectivity index (χ4n) is 1.48. The second-order valence-electron chi connectivity index (χ2n) is 6.22. The van der Waals surface area contributed by atoms with Gasteiger partial charge in [-0.25, -0.2) is 4.85 Å². The van der Waals surface area contributed by atoms with Crippen molar-refractivity contribution in [3.05, 3.63) is 41.2 Å². The van der Waals surface area contributed by atoms with Crippen LogP contribution in [0.4, 0.5) is 5.69 Å². The first-order valence-corrected chi connectivity index (χ1v) is 10.5. The lowest BCUT2D eigenvalue weighted by Crippen LogP contribution is -2.42. The molecule has 0 amide bonds. The van der Waals surface area contributed by atoms with Crippen LogP contribution in [0.2, 0.25) is 18.1 Å². The predicted octanol–water partition coefficient (Wildman–Crippen LogP) is 5.70. The highest BCUT2D eigenvalue weighted by Gasteiger charge is 2.39. The summed E-state index contributed by atoms with van der Waals surface area (Å²) in [5.41, 5.74) is 1.80. The fourth-order valence-corrected chi connectivity index (χ4v) is 3.52. The van der Waals surface area contributed by atoms with Gasteiger partial charge in [0.25, 0.3) is 0 Å². The van der Waals surface area contributed by atoms with Gasteiger partial charge >= 0.3 is 0 Å². The number of rotatable bonds is 4. The summed E-state index contributed by atoms with van der Waals surface area (Å²) in [7, 11) is -1.78. The average Bonchev–Trinajstić information content (AvgIpc) is 2.35. The minimum atomic E-state index is -1.78. The summed E-state index contributed by atoms with van der Waals surface area (Å²) in [6, 6.07) is 7.69. The Kier molecular flexibility index (Phi) is 5.37. The first kappa shape index (κ1) is 16.4. The van der Waals surface area contributed by atoms with Crippen LogP contribution in [0, 0.1) is 6.57 Å². The maximum atomic E-state index is 6.98. The van der Waals surface area contributed by atoms with E-state index in [1.165, 1.54) is 0 Å². The minimum Gasteiger partial charge on any atom is -0.409 e. The lowest BCUT2D eigenvalue weighted by atomic mass is 10.1. The van der Waals surface area contributed by atoms with Crippen LogP contribution in [0.25, 0.3) is 4.85 Å². The molecule has 0 bridgehead atoms. The molecule has 1 aromatic carbocycles. The van der Waals surface area contributed by atoms with Crippen LogP contribution in [0.3, 0.4) is 0 Å². The summed E-state index contributed by atoms with van der Waals surface area (Å²) in [6.45, 7) is 18.2. The molecular weight excluding hydrogens is 318 g/mol. The topological polar surface area (TPSA) is 13.6 Å². The average molecular weight is 340 g/mol. The third kappa shape index (κ3) is 4.17. The molecule has 104 valence electrons. The summed E-state index contributed by atoms with van der Waals surface area (Å²) < 4.78 is 6.43. The van der Waals surface area contributed by atoms with E-state index in [1.807, 2.05) is 24.3 Å². The molecule has 0 fully saturated rings. The van der Waals surface area contributed by atoms with Gasteiger partial charge in [0.05, 0.1) is 12.7 Å². The van der Waals surface area contributed by atoms with Gasteiger partial charge in [0.2, 0.25) is 0 Å². The zero-order valence-corrected chi connectivity index (χ0v) is 14.9. The van der Waals surface area contributed by atoms with Crippen LogP contribution in [-0.2, 0) is 4.43 Å². The number of benzene rings is 1. The van der Waals surface area contributed by atoms with Crippen molar-refractivity contribution in [2.75, 3.05) is 5.33 Å². The van der Waals surface area contributed by atoms with E-state index < -0.39 is 8.32 Å². The largest absolute Gasteiger partial charge is 0.409 e. The van der Waals surface area contributed by atoms with Gasteiger partial charge < -0.3 is 4.43 Å². The summed E-state index contributed by atoms with van der Waals surface area (Å²) in [5.74, 6) is 0. The lowest BCUT2D eigenvalue weighted by molar-refractivity contribution is 0.208. The molecule has 1 atom stereocenters. The van der Waals surface area contributed by atoms with Crippen molar-refractivity contribution in [2.24, 2.45) is 0 Å². The van der Waals surface area contributed by atoms with Crippen molar-refractivity contribution in [3.63, 3.8) is 0 Å². The molecule has 0 N–H and O–H groups in total. The molecule has 1 rings (SSSR count). The van der Waals surface area contributed by atoms with E-state index in [0.717, 1.165) is 10.9 Å². The molecule has 0 heterocycles. The molecule has 4 heteroatoms. The second-order valence-corrected chi connectivity index (χ2v) is 11.6. The minimum absolute atomic E-state index is 0.0562. The molecule has 0 radical (unpaired) electrons. The molecule has 2 nitrogen and oxygen atoms in total. The molecule has 19 heavy (non-hydrogen) atoms. The molecule has 0 saturated heterocycles. The van der Waals surface area contributed by atoms with Gasteiger partial charge in [-0.2, -0.15) is 0 Å². The first-order chi connectivity index (χ1) is 8.71. The van der Waals surface area contributed by atoms with Crippen molar-refractivity contribution in [2.45, 2.75) is 45.0 Å². The zero-order chi connectivity index (χ0) is 14.7. The van der Waals surface area contributed by atoms with Crippen molar-refractivity contribution >= 4 is 29.9 Å². The van der Waals surface area contributed by atoms with Gasteiger partial charge in [0.15, 0.2) is 14.0 Å². The monoisotopic (exact) mass is 339 g/mol. The smallest absolute Gasteiger partial charge is 0.192 e. The Bertz CT molecular complexity index is 457. The van der Waals surface area contributed by atoms with Crippen LogP contribution in [-0.4, -0.2) is 13.6 Å². The van der Waals surface area contributed by atoms with Gasteiger partial charge in [-0.3, -0.25) is 0 Å². The van der Waals surface area contributed by atoms with Crippen molar-refractivity contribution in [1.82, 2.24) is 0 Å². The normalized spacial score (nSPS) is 13.9. The maximum Gasteiger partial charge on any atom is 0.192 e. The van der Waals surface area contributed by atoms with E-state index in [-0.39, 0.29) is 11.1 Å². The van der Waals surface area contributed by atoms with Gasteiger partial charge in [-0.05, 0) is 23.7 Å². The van der Waals surface area contributed by atoms with Crippen molar-refractivity contribution in [3.8, 4) is 0 Å². The van der Waals surface area contributed by atoms with Crippen LogP contribution in [0.15, 0.2) is 24.3 Å². The van der Waals surface area contributed by atoms with Crippen LogP contribution >= 0.6 is 15.9 Å². The molecule has 0 aliphatic carbocycles. The highest BCUT2D eigenvalue weighted by Crippen LogP contribution is 2.40. The van der Waals surface area contributed by atoms with E-state index in [4.69, 9.17) is 11.0 Å². The second kappa shape index (κ2) is 6.21. The fraction of sp³-hybridized carbons (Fsp3) is 0.533. The Hall–Kier alpha value is -0.633. The number of halogens is 1. The SMILES string of the molecule is [C-]#[N+]c1ccc([C@@H](CBr)O[Si](C)(C)C(C)(C)C)cc1. The molecule has 1 aromatic rings. The lowest BCUT2D eigenvalue weighted by Gasteiger charge is -2.39. The predicted molar refractivity (Wildman–Crippen MR) is 87.5 cm³/mol. The summed E-state index contributed by atoms with van der Waals surface area (Å²) >= 11 is 3.54. The van der Waals surface area contributed by atoms with E-state index >= 15 is 0 Å². The molecule has 0 saturated carbocycles. The molecule has 0 unspecified atom stereocenters. The van der Waals surface area contributed by atoms with E-state index in [1.54, 1.807) is 0 Å². The highest BCUT2D eigenvalue weighted by atomic mass is 79.9. The first-order valence-electron chi connectivity index (χ1n) is 6.42. The Morgan fingerprint density at radius 3 is 2.16 bits per heavy atom. The van der Waals surface area contributed by atoms with E-state index in [0.29, 0.717) is 5.69 Å². The van der Waals surface area contributed by atoms with Crippen molar-refractivity contribution in [1.29, 1.82) is 0 Å².